The van der Waals surface area contributed by atoms with Crippen LogP contribution >= 0.6 is 0 Å². The maximum Gasteiger partial charge on any atom is 0.296 e. The Kier molecular flexibility index (Phi) is 5.41. The Morgan fingerprint density at radius 2 is 2.00 bits per heavy atom. The molecule has 0 radical (unpaired) electrons. The van der Waals surface area contributed by atoms with Crippen molar-refractivity contribution in [3.8, 4) is 23.3 Å². The summed E-state index contributed by atoms with van der Waals surface area (Å²) >= 11 is 0. The van der Waals surface area contributed by atoms with Crippen molar-refractivity contribution in [2.45, 2.75) is 0 Å². The van der Waals surface area contributed by atoms with Gasteiger partial charge in [-0.3, -0.25) is 14.9 Å². The zero-order valence-corrected chi connectivity index (χ0v) is 14.8. The predicted octanol–water partition coefficient (Wildman–Crippen LogP) is 2.92. The number of nitro groups is 1. The second-order valence-corrected chi connectivity index (χ2v) is 5.67. The number of nitrogens with zero attached hydrogens (tertiary/aromatic N) is 2. The quantitative estimate of drug-likeness (QED) is 0.365. The fraction of sp³-hybridized carbons (Fsp3) is 0.158. The molecule has 2 aromatic rings. The van der Waals surface area contributed by atoms with Gasteiger partial charge in [0.05, 0.1) is 18.1 Å². The molecular weight excluding hydrogens is 366 g/mol. The minimum Gasteiger partial charge on any atom is -0.497 e. The number of hydrogen-bond acceptors (Lipinski definition) is 7. The fourth-order valence-corrected chi connectivity index (χ4v) is 2.57. The number of nitrogens with one attached hydrogen (secondary N) is 1. The van der Waals surface area contributed by atoms with E-state index < -0.39 is 10.8 Å². The van der Waals surface area contributed by atoms with Crippen LogP contribution in [0.15, 0.2) is 42.0 Å². The third-order valence-corrected chi connectivity index (χ3v) is 3.88. The highest BCUT2D eigenvalue weighted by Crippen LogP contribution is 2.39. The lowest BCUT2D eigenvalue weighted by molar-refractivity contribution is -0.384. The summed E-state index contributed by atoms with van der Waals surface area (Å²) in [6.07, 6.45) is 1.36. The minimum atomic E-state index is -0.787. The number of nitriles is 1. The van der Waals surface area contributed by atoms with Crippen molar-refractivity contribution < 1.29 is 23.9 Å². The zero-order chi connectivity index (χ0) is 20.1. The number of benzene rings is 2. The predicted molar refractivity (Wildman–Crippen MR) is 99.3 cm³/mol. The van der Waals surface area contributed by atoms with Crippen molar-refractivity contribution >= 4 is 23.4 Å². The minimum absolute atomic E-state index is 0.0916. The van der Waals surface area contributed by atoms with E-state index in [1.165, 1.54) is 25.3 Å². The monoisotopic (exact) mass is 381 g/mol. The number of rotatable bonds is 5. The molecule has 9 heteroatoms. The van der Waals surface area contributed by atoms with Gasteiger partial charge in [0, 0.05) is 6.07 Å². The number of carbonyl (C=O) groups is 1. The van der Waals surface area contributed by atoms with Gasteiger partial charge in [-0.25, -0.2) is 0 Å². The van der Waals surface area contributed by atoms with Gasteiger partial charge in [0.25, 0.3) is 11.6 Å². The van der Waals surface area contributed by atoms with E-state index >= 15 is 0 Å². The van der Waals surface area contributed by atoms with E-state index in [-0.39, 0.29) is 41.7 Å². The molecule has 0 saturated heterocycles. The fourth-order valence-electron chi connectivity index (χ4n) is 2.57. The van der Waals surface area contributed by atoms with Crippen LogP contribution in [0.3, 0.4) is 0 Å². The molecule has 9 nitrogen and oxygen atoms in total. The van der Waals surface area contributed by atoms with E-state index in [1.807, 2.05) is 0 Å². The Hall–Kier alpha value is -4.06. The molecule has 3 rings (SSSR count). The molecule has 1 amide bonds. The van der Waals surface area contributed by atoms with Crippen molar-refractivity contribution in [1.82, 2.24) is 0 Å². The van der Waals surface area contributed by atoms with Crippen LogP contribution in [0.2, 0.25) is 0 Å². The van der Waals surface area contributed by atoms with E-state index in [4.69, 9.17) is 14.2 Å². The lowest BCUT2D eigenvalue weighted by Gasteiger charge is -2.19. The summed E-state index contributed by atoms with van der Waals surface area (Å²) in [4.78, 5) is 23.2. The molecule has 0 aromatic heterocycles. The van der Waals surface area contributed by atoms with Crippen LogP contribution in [0.4, 0.5) is 11.4 Å². The maximum absolute atomic E-state index is 12.5. The second-order valence-electron chi connectivity index (χ2n) is 5.67. The summed E-state index contributed by atoms with van der Waals surface area (Å²) in [6, 6.07) is 11.1. The molecule has 142 valence electrons. The first-order valence-electron chi connectivity index (χ1n) is 8.17. The summed E-state index contributed by atoms with van der Waals surface area (Å²) in [5, 5.41) is 23.1. The molecule has 0 saturated carbocycles. The van der Waals surface area contributed by atoms with Gasteiger partial charge in [-0.15, -0.1) is 0 Å². The van der Waals surface area contributed by atoms with Crippen LogP contribution < -0.4 is 19.5 Å². The van der Waals surface area contributed by atoms with Crippen molar-refractivity contribution in [2.24, 2.45) is 0 Å². The van der Waals surface area contributed by atoms with Crippen LogP contribution in [-0.2, 0) is 4.79 Å². The number of methoxy groups -OCH3 is 1. The standard InChI is InChI=1S/C19H15N3O6/c1-26-14-4-2-3-12(8-14)7-13(11-20)19(23)21-15-9-17-18(28-6-5-27-17)10-16(15)22(24)25/h2-4,7-10H,5-6H2,1H3,(H,21,23). The summed E-state index contributed by atoms with van der Waals surface area (Å²) in [6.45, 7) is 0.565. The molecule has 1 aliphatic rings. The van der Waals surface area contributed by atoms with E-state index in [9.17, 15) is 20.2 Å². The molecule has 0 unspecified atom stereocenters. The average Bonchev–Trinajstić information content (AvgIpc) is 2.71. The topological polar surface area (TPSA) is 124 Å². The molecule has 1 aliphatic heterocycles. The van der Waals surface area contributed by atoms with E-state index in [2.05, 4.69) is 5.32 Å². The molecule has 0 spiro atoms. The molecule has 1 heterocycles. The largest absolute Gasteiger partial charge is 0.497 e. The Morgan fingerprint density at radius 1 is 1.29 bits per heavy atom. The van der Waals surface area contributed by atoms with Crippen molar-refractivity contribution in [1.29, 1.82) is 5.26 Å². The first-order valence-corrected chi connectivity index (χ1v) is 8.17. The molecule has 0 atom stereocenters. The van der Waals surface area contributed by atoms with Gasteiger partial charge in [-0.05, 0) is 23.8 Å². The Labute approximate surface area is 159 Å². The van der Waals surface area contributed by atoms with Crippen molar-refractivity contribution in [3.05, 3.63) is 57.6 Å². The lowest BCUT2D eigenvalue weighted by Crippen LogP contribution is -2.18. The smallest absolute Gasteiger partial charge is 0.296 e. The highest BCUT2D eigenvalue weighted by Gasteiger charge is 2.24. The Bertz CT molecular complexity index is 1010. The molecule has 0 fully saturated rings. The van der Waals surface area contributed by atoms with Crippen LogP contribution in [0.5, 0.6) is 17.2 Å². The summed E-state index contributed by atoms with van der Waals surface area (Å²) in [5.41, 5.74) is -0.109. The van der Waals surface area contributed by atoms with Gasteiger partial charge in [0.15, 0.2) is 11.5 Å². The van der Waals surface area contributed by atoms with Crippen molar-refractivity contribution in [2.75, 3.05) is 25.6 Å². The van der Waals surface area contributed by atoms with Gasteiger partial charge >= 0.3 is 0 Å². The number of fused-ring (bicyclic) bond motifs is 1. The van der Waals surface area contributed by atoms with Gasteiger partial charge in [-0.1, -0.05) is 12.1 Å². The molecule has 0 aliphatic carbocycles. The zero-order valence-electron chi connectivity index (χ0n) is 14.8. The lowest BCUT2D eigenvalue weighted by atomic mass is 10.1. The first kappa shape index (κ1) is 18.7. The summed E-state index contributed by atoms with van der Waals surface area (Å²) in [5.74, 6) is 0.282. The first-order chi connectivity index (χ1) is 13.5. The molecule has 2 aromatic carbocycles. The molecule has 28 heavy (non-hydrogen) atoms. The van der Waals surface area contributed by atoms with Crippen LogP contribution in [0.25, 0.3) is 6.08 Å². The van der Waals surface area contributed by atoms with Crippen molar-refractivity contribution in [3.63, 3.8) is 0 Å². The summed E-state index contributed by atoms with van der Waals surface area (Å²) < 4.78 is 15.8. The van der Waals surface area contributed by atoms with E-state index in [1.54, 1.807) is 30.3 Å². The van der Waals surface area contributed by atoms with E-state index in [0.717, 1.165) is 0 Å². The molecular formula is C19H15N3O6. The maximum atomic E-state index is 12.5. The third-order valence-electron chi connectivity index (χ3n) is 3.88. The Morgan fingerprint density at radius 3 is 2.64 bits per heavy atom. The summed E-state index contributed by atoms with van der Waals surface area (Å²) in [7, 11) is 1.50. The van der Waals surface area contributed by atoms with Crippen LogP contribution in [0.1, 0.15) is 5.56 Å². The molecule has 1 N–H and O–H groups in total. The number of hydrogen-bond donors (Lipinski definition) is 1. The highest BCUT2D eigenvalue weighted by molar-refractivity contribution is 6.10. The van der Waals surface area contributed by atoms with Gasteiger partial charge < -0.3 is 19.5 Å². The van der Waals surface area contributed by atoms with Gasteiger partial charge in [0.2, 0.25) is 0 Å². The number of carbonyl (C=O) groups excluding carboxylic acids is 1. The number of ether oxygens (including phenoxy) is 3. The number of anilines is 1. The third kappa shape index (κ3) is 4.02. The second kappa shape index (κ2) is 8.09. The van der Waals surface area contributed by atoms with Crippen LogP contribution in [-0.4, -0.2) is 31.2 Å². The van der Waals surface area contributed by atoms with Crippen LogP contribution in [0, 0.1) is 21.4 Å². The SMILES string of the molecule is COc1cccc(C=C(C#N)C(=O)Nc2cc3c(cc2[N+](=O)[O-])OCCO3)c1. The highest BCUT2D eigenvalue weighted by atomic mass is 16.6. The normalized spacial score (nSPS) is 12.6. The molecule has 0 bridgehead atoms. The van der Waals surface area contributed by atoms with E-state index in [0.29, 0.717) is 11.3 Å². The number of nitro benzene ring substituents is 1. The van der Waals surface area contributed by atoms with Gasteiger partial charge in [0.1, 0.15) is 36.3 Å². The van der Waals surface area contributed by atoms with Gasteiger partial charge in [-0.2, -0.15) is 5.26 Å². The Balaban J connectivity index is 1.91. The average molecular weight is 381 g/mol. The number of amides is 1.